The minimum atomic E-state index is 0.520. The SMILES string of the molecule is CN=C(NCCCOCc1ccco1)NCCCc1nnc2n1CCCCC2. The van der Waals surface area contributed by atoms with Gasteiger partial charge in [0, 0.05) is 46.1 Å². The van der Waals surface area contributed by atoms with Crippen LogP contribution >= 0.6 is 0 Å². The van der Waals surface area contributed by atoms with E-state index in [-0.39, 0.29) is 0 Å². The number of nitrogens with zero attached hydrogens (tertiary/aromatic N) is 4. The second-order valence-electron chi connectivity index (χ2n) is 7.01. The lowest BCUT2D eigenvalue weighted by Gasteiger charge is -2.12. The number of guanidine groups is 1. The monoisotopic (exact) mass is 388 g/mol. The molecule has 0 bridgehead atoms. The number of furan rings is 1. The van der Waals surface area contributed by atoms with Crippen molar-refractivity contribution in [2.24, 2.45) is 4.99 Å². The van der Waals surface area contributed by atoms with Crippen LogP contribution in [-0.4, -0.2) is 47.5 Å². The van der Waals surface area contributed by atoms with Crippen molar-refractivity contribution >= 4 is 5.96 Å². The van der Waals surface area contributed by atoms with Crippen LogP contribution in [0.1, 0.15) is 49.5 Å². The maximum atomic E-state index is 5.58. The number of aromatic nitrogens is 3. The van der Waals surface area contributed by atoms with Crippen molar-refractivity contribution in [1.82, 2.24) is 25.4 Å². The van der Waals surface area contributed by atoms with E-state index in [1.165, 1.54) is 19.3 Å². The molecule has 0 aromatic carbocycles. The highest BCUT2D eigenvalue weighted by molar-refractivity contribution is 5.79. The number of hydrogen-bond donors (Lipinski definition) is 2. The zero-order chi connectivity index (χ0) is 19.4. The standard InChI is InChI=1S/C20H32N6O2/c1-21-20(23-12-7-14-27-16-17-8-6-15-28-17)22-11-5-10-19-25-24-18-9-3-2-4-13-26(18)19/h6,8,15H,2-5,7,9-14,16H2,1H3,(H2,21,22,23). The zero-order valence-electron chi connectivity index (χ0n) is 16.8. The lowest BCUT2D eigenvalue weighted by molar-refractivity contribution is 0.105. The maximum absolute atomic E-state index is 5.58. The van der Waals surface area contributed by atoms with Gasteiger partial charge in [0.1, 0.15) is 24.0 Å². The van der Waals surface area contributed by atoms with Crippen molar-refractivity contribution in [3.8, 4) is 0 Å². The molecule has 3 heterocycles. The lowest BCUT2D eigenvalue weighted by Crippen LogP contribution is -2.38. The molecule has 8 heteroatoms. The Morgan fingerprint density at radius 2 is 2.11 bits per heavy atom. The summed E-state index contributed by atoms with van der Waals surface area (Å²) in [6.45, 7) is 3.94. The fourth-order valence-electron chi connectivity index (χ4n) is 3.35. The lowest BCUT2D eigenvalue weighted by atomic mass is 10.2. The summed E-state index contributed by atoms with van der Waals surface area (Å²) >= 11 is 0. The van der Waals surface area contributed by atoms with Gasteiger partial charge in [-0.2, -0.15) is 0 Å². The van der Waals surface area contributed by atoms with Gasteiger partial charge in [0.2, 0.25) is 0 Å². The number of nitrogens with one attached hydrogen (secondary N) is 2. The van der Waals surface area contributed by atoms with Crippen LogP contribution in [-0.2, 0) is 30.7 Å². The van der Waals surface area contributed by atoms with Gasteiger partial charge >= 0.3 is 0 Å². The van der Waals surface area contributed by atoms with E-state index in [1.54, 1.807) is 13.3 Å². The molecule has 0 unspecified atom stereocenters. The Morgan fingerprint density at radius 1 is 1.21 bits per heavy atom. The van der Waals surface area contributed by atoms with Crippen LogP contribution in [0.2, 0.25) is 0 Å². The second-order valence-corrected chi connectivity index (χ2v) is 7.01. The molecule has 1 aliphatic heterocycles. The van der Waals surface area contributed by atoms with E-state index < -0.39 is 0 Å². The molecule has 8 nitrogen and oxygen atoms in total. The predicted octanol–water partition coefficient (Wildman–Crippen LogP) is 2.30. The largest absolute Gasteiger partial charge is 0.467 e. The topological polar surface area (TPSA) is 89.5 Å². The van der Waals surface area contributed by atoms with E-state index in [0.29, 0.717) is 13.2 Å². The maximum Gasteiger partial charge on any atom is 0.190 e. The average molecular weight is 389 g/mol. The number of aliphatic imine (C=N–C) groups is 1. The van der Waals surface area contributed by atoms with Gasteiger partial charge in [-0.15, -0.1) is 10.2 Å². The quantitative estimate of drug-likeness (QED) is 0.369. The molecular formula is C20H32N6O2. The fraction of sp³-hybridized carbons (Fsp3) is 0.650. The average Bonchev–Trinajstić information content (AvgIpc) is 3.30. The van der Waals surface area contributed by atoms with Crippen molar-refractivity contribution in [3.05, 3.63) is 35.8 Å². The second kappa shape index (κ2) is 11.5. The van der Waals surface area contributed by atoms with Crippen LogP contribution in [0.5, 0.6) is 0 Å². The Hall–Kier alpha value is -2.35. The fourth-order valence-corrected chi connectivity index (χ4v) is 3.35. The van der Waals surface area contributed by atoms with Crippen molar-refractivity contribution in [3.63, 3.8) is 0 Å². The van der Waals surface area contributed by atoms with E-state index in [2.05, 4.69) is 30.4 Å². The van der Waals surface area contributed by atoms with E-state index in [1.807, 2.05) is 12.1 Å². The highest BCUT2D eigenvalue weighted by Gasteiger charge is 2.14. The van der Waals surface area contributed by atoms with Crippen molar-refractivity contribution < 1.29 is 9.15 Å². The molecule has 0 amide bonds. The number of fused-ring (bicyclic) bond motifs is 1. The van der Waals surface area contributed by atoms with Crippen LogP contribution in [0, 0.1) is 0 Å². The first-order valence-corrected chi connectivity index (χ1v) is 10.3. The molecule has 0 spiro atoms. The predicted molar refractivity (Wildman–Crippen MR) is 108 cm³/mol. The number of aryl methyl sites for hydroxylation is 2. The molecule has 2 N–H and O–H groups in total. The van der Waals surface area contributed by atoms with Crippen LogP contribution in [0.15, 0.2) is 27.8 Å². The van der Waals surface area contributed by atoms with Gasteiger partial charge in [-0.3, -0.25) is 4.99 Å². The minimum absolute atomic E-state index is 0.520. The number of ether oxygens (including phenoxy) is 1. The summed E-state index contributed by atoms with van der Waals surface area (Å²) in [6.07, 6.45) is 9.34. The summed E-state index contributed by atoms with van der Waals surface area (Å²) < 4.78 is 13.1. The van der Waals surface area contributed by atoms with Crippen molar-refractivity contribution in [2.75, 3.05) is 26.7 Å². The molecule has 154 valence electrons. The van der Waals surface area contributed by atoms with Crippen molar-refractivity contribution in [2.45, 2.75) is 58.1 Å². The first-order chi connectivity index (χ1) is 13.9. The summed E-state index contributed by atoms with van der Waals surface area (Å²) in [4.78, 5) is 4.27. The third-order valence-corrected chi connectivity index (χ3v) is 4.86. The Kier molecular flexibility index (Phi) is 8.36. The van der Waals surface area contributed by atoms with Gasteiger partial charge in [0.15, 0.2) is 5.96 Å². The van der Waals surface area contributed by atoms with E-state index in [4.69, 9.17) is 9.15 Å². The highest BCUT2D eigenvalue weighted by Crippen LogP contribution is 2.15. The van der Waals surface area contributed by atoms with Gasteiger partial charge in [-0.1, -0.05) is 6.42 Å². The summed E-state index contributed by atoms with van der Waals surface area (Å²) in [5.74, 6) is 3.96. The molecule has 1 aliphatic rings. The summed E-state index contributed by atoms with van der Waals surface area (Å²) in [6, 6.07) is 3.79. The summed E-state index contributed by atoms with van der Waals surface area (Å²) in [5, 5.41) is 15.4. The van der Waals surface area contributed by atoms with Gasteiger partial charge in [0.25, 0.3) is 0 Å². The van der Waals surface area contributed by atoms with E-state index >= 15 is 0 Å². The number of hydrogen-bond acceptors (Lipinski definition) is 5. The first-order valence-electron chi connectivity index (χ1n) is 10.3. The summed E-state index contributed by atoms with van der Waals surface area (Å²) in [7, 11) is 1.79. The van der Waals surface area contributed by atoms with Gasteiger partial charge in [0.05, 0.1) is 6.26 Å². The van der Waals surface area contributed by atoms with Crippen LogP contribution in [0.4, 0.5) is 0 Å². The van der Waals surface area contributed by atoms with Gasteiger partial charge in [-0.05, 0) is 37.8 Å². The van der Waals surface area contributed by atoms with Gasteiger partial charge < -0.3 is 24.4 Å². The first kappa shape index (κ1) is 20.4. The van der Waals surface area contributed by atoms with Gasteiger partial charge in [-0.25, -0.2) is 0 Å². The molecule has 28 heavy (non-hydrogen) atoms. The molecule has 0 radical (unpaired) electrons. The molecule has 0 saturated heterocycles. The highest BCUT2D eigenvalue weighted by atomic mass is 16.5. The molecule has 0 atom stereocenters. The molecule has 0 aliphatic carbocycles. The third-order valence-electron chi connectivity index (χ3n) is 4.86. The summed E-state index contributed by atoms with van der Waals surface area (Å²) in [5.41, 5.74) is 0. The van der Waals surface area contributed by atoms with Crippen LogP contribution in [0.3, 0.4) is 0 Å². The molecule has 0 fully saturated rings. The third kappa shape index (κ3) is 6.37. The van der Waals surface area contributed by atoms with E-state index in [9.17, 15) is 0 Å². The molecule has 3 rings (SSSR count). The normalized spacial score (nSPS) is 14.5. The number of rotatable bonds is 10. The minimum Gasteiger partial charge on any atom is -0.467 e. The molecule has 2 aromatic rings. The zero-order valence-corrected chi connectivity index (χ0v) is 16.8. The molecule has 2 aromatic heterocycles. The van der Waals surface area contributed by atoms with Crippen LogP contribution < -0.4 is 10.6 Å². The Bertz CT molecular complexity index is 710. The van der Waals surface area contributed by atoms with Crippen LogP contribution in [0.25, 0.3) is 0 Å². The molecule has 0 saturated carbocycles. The van der Waals surface area contributed by atoms with E-state index in [0.717, 1.165) is 68.7 Å². The Morgan fingerprint density at radius 3 is 2.93 bits per heavy atom. The smallest absolute Gasteiger partial charge is 0.190 e. The Balaban J connectivity index is 1.26. The Labute approximate surface area is 166 Å². The molecular weight excluding hydrogens is 356 g/mol. The van der Waals surface area contributed by atoms with Crippen molar-refractivity contribution in [1.29, 1.82) is 0 Å².